The van der Waals surface area contributed by atoms with Crippen molar-refractivity contribution in [3.8, 4) is 0 Å². The molecule has 0 aliphatic carbocycles. The molecule has 4 heteroatoms. The van der Waals surface area contributed by atoms with E-state index in [-0.39, 0.29) is 0 Å². The highest BCUT2D eigenvalue weighted by Crippen LogP contribution is 2.25. The van der Waals surface area contributed by atoms with E-state index in [9.17, 15) is 4.79 Å². The standard InChI is InChI=1S/C20H31N3O/c1-17(18-8-10-21-11-9-18)16-20(24)23-13-5-12-22(14-15-23)19-6-3-2-4-7-19/h2-4,6-7,17-18,21H,5,8-16H2,1H3. The average molecular weight is 329 g/mol. The molecule has 0 bridgehead atoms. The number of para-hydroxylation sites is 1. The SMILES string of the molecule is CC(CC(=O)N1CCCN(c2ccccc2)CC1)C1CCNCC1. The third kappa shape index (κ3) is 4.50. The predicted molar refractivity (Wildman–Crippen MR) is 99.2 cm³/mol. The minimum absolute atomic E-state index is 0.357. The van der Waals surface area contributed by atoms with Crippen molar-refractivity contribution in [1.82, 2.24) is 10.2 Å². The van der Waals surface area contributed by atoms with Gasteiger partial charge in [-0.1, -0.05) is 25.1 Å². The van der Waals surface area contributed by atoms with Gasteiger partial charge in [0.1, 0.15) is 0 Å². The Morgan fingerprint density at radius 3 is 2.62 bits per heavy atom. The second-order valence-electron chi connectivity index (χ2n) is 7.33. The van der Waals surface area contributed by atoms with Crippen LogP contribution >= 0.6 is 0 Å². The van der Waals surface area contributed by atoms with Crippen molar-refractivity contribution in [2.45, 2.75) is 32.6 Å². The lowest BCUT2D eigenvalue weighted by Crippen LogP contribution is -2.37. The van der Waals surface area contributed by atoms with Crippen LogP contribution in [0.25, 0.3) is 0 Å². The number of nitrogens with zero attached hydrogens (tertiary/aromatic N) is 2. The lowest BCUT2D eigenvalue weighted by Gasteiger charge is -2.30. The van der Waals surface area contributed by atoms with Crippen molar-refractivity contribution in [2.24, 2.45) is 11.8 Å². The van der Waals surface area contributed by atoms with E-state index in [1.54, 1.807) is 0 Å². The highest BCUT2D eigenvalue weighted by atomic mass is 16.2. The van der Waals surface area contributed by atoms with Gasteiger partial charge in [0.2, 0.25) is 5.91 Å². The summed E-state index contributed by atoms with van der Waals surface area (Å²) in [6, 6.07) is 10.6. The maximum atomic E-state index is 12.7. The molecule has 2 aliphatic heterocycles. The molecule has 1 aromatic carbocycles. The van der Waals surface area contributed by atoms with E-state index < -0.39 is 0 Å². The van der Waals surface area contributed by atoms with Crippen LogP contribution in [0.1, 0.15) is 32.6 Å². The van der Waals surface area contributed by atoms with Gasteiger partial charge in [-0.3, -0.25) is 4.79 Å². The molecule has 1 N–H and O–H groups in total. The Bertz CT molecular complexity index is 513. The predicted octanol–water partition coefficient (Wildman–Crippen LogP) is 2.75. The van der Waals surface area contributed by atoms with Gasteiger partial charge >= 0.3 is 0 Å². The second kappa shape index (κ2) is 8.52. The Kier molecular flexibility index (Phi) is 6.13. The fraction of sp³-hybridized carbons (Fsp3) is 0.650. The first kappa shape index (κ1) is 17.3. The molecule has 0 aromatic heterocycles. The molecule has 2 saturated heterocycles. The Labute approximate surface area is 146 Å². The molecular formula is C20H31N3O. The first-order chi connectivity index (χ1) is 11.7. The van der Waals surface area contributed by atoms with Crippen molar-refractivity contribution in [3.05, 3.63) is 30.3 Å². The normalized spacial score (nSPS) is 21.4. The van der Waals surface area contributed by atoms with E-state index in [0.29, 0.717) is 17.7 Å². The summed E-state index contributed by atoms with van der Waals surface area (Å²) in [5.41, 5.74) is 1.27. The summed E-state index contributed by atoms with van der Waals surface area (Å²) in [4.78, 5) is 17.2. The number of amides is 1. The van der Waals surface area contributed by atoms with Gasteiger partial charge in [-0.15, -0.1) is 0 Å². The fourth-order valence-electron chi connectivity index (χ4n) is 4.05. The molecule has 132 valence electrons. The smallest absolute Gasteiger partial charge is 0.222 e. The minimum Gasteiger partial charge on any atom is -0.370 e. The summed E-state index contributed by atoms with van der Waals surface area (Å²) in [6.45, 7) is 8.22. The van der Waals surface area contributed by atoms with Gasteiger partial charge in [-0.05, 0) is 56.3 Å². The van der Waals surface area contributed by atoms with Crippen molar-refractivity contribution in [3.63, 3.8) is 0 Å². The van der Waals surface area contributed by atoms with Crippen LogP contribution in [-0.2, 0) is 4.79 Å². The third-order valence-electron chi connectivity index (χ3n) is 5.66. The second-order valence-corrected chi connectivity index (χ2v) is 7.33. The number of hydrogen-bond donors (Lipinski definition) is 1. The molecule has 4 nitrogen and oxygen atoms in total. The topological polar surface area (TPSA) is 35.6 Å². The molecule has 0 radical (unpaired) electrons. The molecule has 1 atom stereocenters. The quantitative estimate of drug-likeness (QED) is 0.922. The van der Waals surface area contributed by atoms with Crippen molar-refractivity contribution < 1.29 is 4.79 Å². The molecule has 1 unspecified atom stereocenters. The first-order valence-corrected chi connectivity index (χ1v) is 9.52. The molecule has 0 spiro atoms. The number of nitrogens with one attached hydrogen (secondary N) is 1. The number of anilines is 1. The Balaban J connectivity index is 1.50. The zero-order valence-corrected chi connectivity index (χ0v) is 14.9. The third-order valence-corrected chi connectivity index (χ3v) is 5.66. The lowest BCUT2D eigenvalue weighted by molar-refractivity contribution is -0.132. The monoisotopic (exact) mass is 329 g/mol. The summed E-state index contributed by atoms with van der Waals surface area (Å²) >= 11 is 0. The molecule has 2 fully saturated rings. The number of rotatable bonds is 4. The molecule has 24 heavy (non-hydrogen) atoms. The molecule has 1 aromatic rings. The van der Waals surface area contributed by atoms with Crippen LogP contribution in [0.5, 0.6) is 0 Å². The van der Waals surface area contributed by atoms with E-state index in [1.807, 2.05) is 0 Å². The van der Waals surface area contributed by atoms with Crippen LogP contribution in [0.4, 0.5) is 5.69 Å². The van der Waals surface area contributed by atoms with Crippen LogP contribution in [0, 0.1) is 11.8 Å². The number of carbonyl (C=O) groups is 1. The van der Waals surface area contributed by atoms with Crippen molar-refractivity contribution in [1.29, 1.82) is 0 Å². The van der Waals surface area contributed by atoms with E-state index in [2.05, 4.69) is 52.4 Å². The number of carbonyl (C=O) groups excluding carboxylic acids is 1. The largest absolute Gasteiger partial charge is 0.370 e. The van der Waals surface area contributed by atoms with Crippen LogP contribution in [0.2, 0.25) is 0 Å². The maximum absolute atomic E-state index is 12.7. The summed E-state index contributed by atoms with van der Waals surface area (Å²) in [6.07, 6.45) is 4.21. The molecule has 2 aliphatic rings. The Morgan fingerprint density at radius 1 is 1.12 bits per heavy atom. The molecular weight excluding hydrogens is 298 g/mol. The molecule has 1 amide bonds. The highest BCUT2D eigenvalue weighted by molar-refractivity contribution is 5.76. The zero-order chi connectivity index (χ0) is 16.8. The van der Waals surface area contributed by atoms with Gasteiger partial charge in [0, 0.05) is 38.3 Å². The first-order valence-electron chi connectivity index (χ1n) is 9.52. The number of hydrogen-bond acceptors (Lipinski definition) is 3. The molecule has 0 saturated carbocycles. The Morgan fingerprint density at radius 2 is 1.88 bits per heavy atom. The average Bonchev–Trinajstić information content (AvgIpc) is 2.89. The van der Waals surface area contributed by atoms with Gasteiger partial charge in [0.25, 0.3) is 0 Å². The minimum atomic E-state index is 0.357. The van der Waals surface area contributed by atoms with Gasteiger partial charge in [0.05, 0.1) is 0 Å². The van der Waals surface area contributed by atoms with Crippen molar-refractivity contribution in [2.75, 3.05) is 44.2 Å². The lowest BCUT2D eigenvalue weighted by atomic mass is 9.84. The fourth-order valence-corrected chi connectivity index (χ4v) is 4.05. The van der Waals surface area contributed by atoms with Gasteiger partial charge in [0.15, 0.2) is 0 Å². The maximum Gasteiger partial charge on any atom is 0.222 e. The summed E-state index contributed by atoms with van der Waals surface area (Å²) in [5, 5.41) is 3.41. The summed E-state index contributed by atoms with van der Waals surface area (Å²) < 4.78 is 0. The number of piperidine rings is 1. The molecule has 2 heterocycles. The van der Waals surface area contributed by atoms with Gasteiger partial charge in [-0.2, -0.15) is 0 Å². The van der Waals surface area contributed by atoms with E-state index in [0.717, 1.165) is 52.1 Å². The summed E-state index contributed by atoms with van der Waals surface area (Å²) in [5.74, 6) is 1.58. The van der Waals surface area contributed by atoms with Crippen LogP contribution in [0.3, 0.4) is 0 Å². The summed E-state index contributed by atoms with van der Waals surface area (Å²) in [7, 11) is 0. The van der Waals surface area contributed by atoms with Crippen molar-refractivity contribution >= 4 is 11.6 Å². The van der Waals surface area contributed by atoms with E-state index in [4.69, 9.17) is 0 Å². The highest BCUT2D eigenvalue weighted by Gasteiger charge is 2.25. The van der Waals surface area contributed by atoms with Crippen LogP contribution < -0.4 is 10.2 Å². The Hall–Kier alpha value is -1.55. The number of benzene rings is 1. The zero-order valence-electron chi connectivity index (χ0n) is 14.9. The van der Waals surface area contributed by atoms with E-state index >= 15 is 0 Å². The van der Waals surface area contributed by atoms with Gasteiger partial charge in [-0.25, -0.2) is 0 Å². The van der Waals surface area contributed by atoms with Gasteiger partial charge < -0.3 is 15.1 Å². The van der Waals surface area contributed by atoms with E-state index in [1.165, 1.54) is 18.5 Å². The molecule has 3 rings (SSSR count). The van der Waals surface area contributed by atoms with Crippen LogP contribution in [0.15, 0.2) is 30.3 Å². The van der Waals surface area contributed by atoms with Crippen LogP contribution in [-0.4, -0.2) is 50.1 Å².